The summed E-state index contributed by atoms with van der Waals surface area (Å²) in [4.78, 5) is 7.08. The maximum Gasteiger partial charge on any atom is 0.102 e. The molecule has 0 saturated carbocycles. The Morgan fingerprint density at radius 1 is 0.812 bits per heavy atom. The SMILES string of the molecule is N#Cc1c(N2CCCCC2)cc(-c2ccc3ccccc3c2)c2c1-c1cccnc1CC2. The van der Waals surface area contributed by atoms with Crippen LogP contribution in [0.1, 0.15) is 36.1 Å². The molecule has 0 unspecified atom stereocenters. The summed E-state index contributed by atoms with van der Waals surface area (Å²) in [6.07, 6.45) is 7.34. The number of aromatic nitrogens is 1. The molecular formula is C29H25N3. The minimum atomic E-state index is 0.820. The first kappa shape index (κ1) is 19.1. The lowest BCUT2D eigenvalue weighted by Gasteiger charge is -2.33. The highest BCUT2D eigenvalue weighted by atomic mass is 15.1. The van der Waals surface area contributed by atoms with Gasteiger partial charge in [0.1, 0.15) is 6.07 Å². The van der Waals surface area contributed by atoms with Gasteiger partial charge in [0.05, 0.1) is 11.3 Å². The highest BCUT2D eigenvalue weighted by Gasteiger charge is 2.28. The smallest absolute Gasteiger partial charge is 0.102 e. The average Bonchev–Trinajstić information content (AvgIpc) is 2.87. The molecule has 2 aliphatic rings. The molecule has 3 heteroatoms. The summed E-state index contributed by atoms with van der Waals surface area (Å²) in [5, 5.41) is 12.8. The average molecular weight is 416 g/mol. The van der Waals surface area contributed by atoms with E-state index < -0.39 is 0 Å². The number of anilines is 1. The predicted octanol–water partition coefficient (Wildman–Crippen LogP) is 6.53. The van der Waals surface area contributed by atoms with Crippen molar-refractivity contribution in [3.8, 4) is 28.3 Å². The molecule has 1 aliphatic carbocycles. The van der Waals surface area contributed by atoms with Crippen molar-refractivity contribution in [1.29, 1.82) is 5.26 Å². The fraction of sp³-hybridized carbons (Fsp3) is 0.241. The molecule has 6 rings (SSSR count). The second-order valence-electron chi connectivity index (χ2n) is 8.89. The molecule has 2 heterocycles. The molecule has 0 N–H and O–H groups in total. The van der Waals surface area contributed by atoms with Crippen LogP contribution >= 0.6 is 0 Å². The van der Waals surface area contributed by atoms with Crippen LogP contribution in [-0.2, 0) is 12.8 Å². The van der Waals surface area contributed by atoms with Crippen molar-refractivity contribution in [2.75, 3.05) is 18.0 Å². The Morgan fingerprint density at radius 2 is 1.66 bits per heavy atom. The van der Waals surface area contributed by atoms with Crippen LogP contribution < -0.4 is 4.90 Å². The lowest BCUT2D eigenvalue weighted by molar-refractivity contribution is 0.577. The molecule has 156 valence electrons. The summed E-state index contributed by atoms with van der Waals surface area (Å²) in [6.45, 7) is 2.04. The Balaban J connectivity index is 1.65. The second-order valence-corrected chi connectivity index (χ2v) is 8.89. The summed E-state index contributed by atoms with van der Waals surface area (Å²) in [5.74, 6) is 0. The van der Waals surface area contributed by atoms with E-state index in [2.05, 4.69) is 70.6 Å². The largest absolute Gasteiger partial charge is 0.370 e. The minimum absolute atomic E-state index is 0.820. The van der Waals surface area contributed by atoms with Crippen molar-refractivity contribution in [2.45, 2.75) is 32.1 Å². The van der Waals surface area contributed by atoms with E-state index >= 15 is 0 Å². The van der Waals surface area contributed by atoms with Gasteiger partial charge in [-0.3, -0.25) is 4.98 Å². The van der Waals surface area contributed by atoms with Gasteiger partial charge in [-0.1, -0.05) is 42.5 Å². The molecule has 1 aromatic heterocycles. The van der Waals surface area contributed by atoms with Crippen LogP contribution in [0.3, 0.4) is 0 Å². The minimum Gasteiger partial charge on any atom is -0.370 e. The monoisotopic (exact) mass is 415 g/mol. The van der Waals surface area contributed by atoms with E-state index in [0.29, 0.717) is 0 Å². The van der Waals surface area contributed by atoms with Crippen molar-refractivity contribution in [2.24, 2.45) is 0 Å². The lowest BCUT2D eigenvalue weighted by atomic mass is 9.80. The maximum absolute atomic E-state index is 10.3. The third-order valence-electron chi connectivity index (χ3n) is 7.05. The van der Waals surface area contributed by atoms with Gasteiger partial charge in [0.15, 0.2) is 0 Å². The van der Waals surface area contributed by atoms with E-state index in [-0.39, 0.29) is 0 Å². The van der Waals surface area contributed by atoms with Gasteiger partial charge in [-0.2, -0.15) is 5.26 Å². The van der Waals surface area contributed by atoms with Gasteiger partial charge in [-0.15, -0.1) is 0 Å². The fourth-order valence-corrected chi connectivity index (χ4v) is 5.49. The van der Waals surface area contributed by atoms with Crippen LogP contribution in [0.15, 0.2) is 66.9 Å². The summed E-state index contributed by atoms with van der Waals surface area (Å²) in [6, 6.07) is 24.3. The topological polar surface area (TPSA) is 39.9 Å². The third kappa shape index (κ3) is 3.07. The normalized spacial score (nSPS) is 15.2. The van der Waals surface area contributed by atoms with Gasteiger partial charge in [-0.25, -0.2) is 0 Å². The number of fused-ring (bicyclic) bond motifs is 4. The first-order chi connectivity index (χ1) is 15.8. The molecule has 3 aromatic carbocycles. The van der Waals surface area contributed by atoms with Gasteiger partial charge in [0, 0.05) is 36.1 Å². The van der Waals surface area contributed by atoms with Crippen LogP contribution in [-0.4, -0.2) is 18.1 Å². The molecule has 0 bridgehead atoms. The number of hydrogen-bond donors (Lipinski definition) is 0. The molecule has 0 atom stereocenters. The summed E-state index contributed by atoms with van der Waals surface area (Å²) in [5.41, 5.74) is 9.04. The van der Waals surface area contributed by atoms with Crippen molar-refractivity contribution >= 4 is 16.5 Å². The lowest BCUT2D eigenvalue weighted by Crippen LogP contribution is -2.30. The number of pyridine rings is 1. The van der Waals surface area contributed by atoms with Gasteiger partial charge < -0.3 is 4.90 Å². The quantitative estimate of drug-likeness (QED) is 0.374. The first-order valence-corrected chi connectivity index (χ1v) is 11.6. The molecule has 1 saturated heterocycles. The number of rotatable bonds is 2. The highest BCUT2D eigenvalue weighted by Crippen LogP contribution is 2.45. The van der Waals surface area contributed by atoms with Crippen molar-refractivity contribution in [3.05, 3.63) is 83.7 Å². The third-order valence-corrected chi connectivity index (χ3v) is 7.05. The maximum atomic E-state index is 10.3. The van der Waals surface area contributed by atoms with E-state index in [1.807, 2.05) is 12.3 Å². The van der Waals surface area contributed by atoms with E-state index in [4.69, 9.17) is 0 Å². The van der Waals surface area contributed by atoms with Crippen molar-refractivity contribution < 1.29 is 0 Å². The van der Waals surface area contributed by atoms with E-state index in [1.165, 1.54) is 46.7 Å². The molecule has 0 radical (unpaired) electrons. The Labute approximate surface area is 189 Å². The van der Waals surface area contributed by atoms with Crippen LogP contribution in [0, 0.1) is 11.3 Å². The number of nitrogens with zero attached hydrogens (tertiary/aromatic N) is 3. The standard InChI is InChI=1S/C29H25N3/c30-19-26-28(32-15-4-1-5-16-32)18-25(22-11-10-20-7-2-3-8-21(20)17-22)23-12-13-27-24(29(23)26)9-6-14-31-27/h2-3,6-11,14,17-18H,1,4-5,12-13,15-16H2. The Kier molecular flexibility index (Phi) is 4.65. The van der Waals surface area contributed by atoms with Gasteiger partial charge >= 0.3 is 0 Å². The fourth-order valence-electron chi connectivity index (χ4n) is 5.49. The van der Waals surface area contributed by atoms with Crippen LogP contribution in [0.5, 0.6) is 0 Å². The Morgan fingerprint density at radius 3 is 2.50 bits per heavy atom. The van der Waals surface area contributed by atoms with Crippen molar-refractivity contribution in [1.82, 2.24) is 4.98 Å². The van der Waals surface area contributed by atoms with Gasteiger partial charge in [0.2, 0.25) is 0 Å². The number of benzene rings is 3. The van der Waals surface area contributed by atoms with Gasteiger partial charge in [0.25, 0.3) is 0 Å². The molecular weight excluding hydrogens is 390 g/mol. The second kappa shape index (κ2) is 7.80. The molecule has 3 nitrogen and oxygen atoms in total. The number of aryl methyl sites for hydroxylation is 1. The Hall–Kier alpha value is -3.64. The molecule has 0 spiro atoms. The number of hydrogen-bond acceptors (Lipinski definition) is 3. The zero-order chi connectivity index (χ0) is 21.5. The Bertz CT molecular complexity index is 1370. The summed E-state index contributed by atoms with van der Waals surface area (Å²) in [7, 11) is 0. The molecule has 0 amide bonds. The molecule has 1 aliphatic heterocycles. The summed E-state index contributed by atoms with van der Waals surface area (Å²) < 4.78 is 0. The highest BCUT2D eigenvalue weighted by molar-refractivity contribution is 5.93. The predicted molar refractivity (Wildman–Crippen MR) is 131 cm³/mol. The number of nitriles is 1. The van der Waals surface area contributed by atoms with Gasteiger partial charge in [-0.05, 0) is 77.8 Å². The molecule has 4 aromatic rings. The van der Waals surface area contributed by atoms with Crippen molar-refractivity contribution in [3.63, 3.8) is 0 Å². The first-order valence-electron chi connectivity index (χ1n) is 11.6. The van der Waals surface area contributed by atoms with E-state index in [9.17, 15) is 5.26 Å². The van der Waals surface area contributed by atoms with Crippen LogP contribution in [0.4, 0.5) is 5.69 Å². The molecule has 1 fully saturated rings. The zero-order valence-electron chi connectivity index (χ0n) is 18.1. The zero-order valence-corrected chi connectivity index (χ0v) is 18.1. The van der Waals surface area contributed by atoms with Crippen LogP contribution in [0.2, 0.25) is 0 Å². The molecule has 32 heavy (non-hydrogen) atoms. The summed E-state index contributed by atoms with van der Waals surface area (Å²) >= 11 is 0. The number of piperidine rings is 1. The van der Waals surface area contributed by atoms with Crippen LogP contribution in [0.25, 0.3) is 33.0 Å². The van der Waals surface area contributed by atoms with E-state index in [0.717, 1.165) is 54.0 Å². The van der Waals surface area contributed by atoms with E-state index in [1.54, 1.807) is 0 Å².